The maximum Gasteiger partial charge on any atom is 0.142 e. The number of rotatable bonds is 8. The third-order valence-corrected chi connectivity index (χ3v) is 3.92. The van der Waals surface area contributed by atoms with E-state index in [0.717, 1.165) is 30.8 Å². The third-order valence-electron chi connectivity index (χ3n) is 3.92. The Kier molecular flexibility index (Phi) is 5.90. The lowest BCUT2D eigenvalue weighted by Crippen LogP contribution is -2.05. The molecule has 3 aromatic rings. The minimum absolute atomic E-state index is 0.587. The maximum absolute atomic E-state index is 5.98. The Balaban J connectivity index is 1.50. The van der Waals surface area contributed by atoms with E-state index in [2.05, 4.69) is 53.8 Å². The predicted molar refractivity (Wildman–Crippen MR) is 100 cm³/mol. The van der Waals surface area contributed by atoms with Crippen LogP contribution in [0.25, 0.3) is 0 Å². The van der Waals surface area contributed by atoms with E-state index >= 15 is 0 Å². The van der Waals surface area contributed by atoms with E-state index in [1.54, 1.807) is 0 Å². The Morgan fingerprint density at radius 1 is 0.667 bits per heavy atom. The van der Waals surface area contributed by atoms with Crippen molar-refractivity contribution in [3.63, 3.8) is 0 Å². The van der Waals surface area contributed by atoms with Crippen LogP contribution in [0.5, 0.6) is 5.75 Å². The number of ether oxygens (including phenoxy) is 1. The normalized spacial score (nSPS) is 10.3. The van der Waals surface area contributed by atoms with E-state index in [0.29, 0.717) is 6.61 Å². The fourth-order valence-corrected chi connectivity index (χ4v) is 2.63. The molecule has 3 rings (SSSR count). The van der Waals surface area contributed by atoms with Crippen LogP contribution < -0.4 is 10.1 Å². The number of para-hydroxylation sites is 2. The van der Waals surface area contributed by atoms with Crippen LogP contribution in [0.1, 0.15) is 17.5 Å². The van der Waals surface area contributed by atoms with Gasteiger partial charge >= 0.3 is 0 Å². The first kappa shape index (κ1) is 16.1. The molecule has 0 amide bonds. The van der Waals surface area contributed by atoms with Crippen molar-refractivity contribution in [1.29, 1.82) is 0 Å². The molecule has 0 saturated heterocycles. The van der Waals surface area contributed by atoms with Gasteiger partial charge in [-0.05, 0) is 36.1 Å². The summed E-state index contributed by atoms with van der Waals surface area (Å²) in [6.07, 6.45) is 2.18. The van der Waals surface area contributed by atoms with Gasteiger partial charge in [0.05, 0.1) is 5.69 Å². The van der Waals surface area contributed by atoms with E-state index in [-0.39, 0.29) is 0 Å². The van der Waals surface area contributed by atoms with E-state index < -0.39 is 0 Å². The molecule has 2 heteroatoms. The summed E-state index contributed by atoms with van der Waals surface area (Å²) >= 11 is 0. The Morgan fingerprint density at radius 3 is 2.04 bits per heavy atom. The fraction of sp³-hybridized carbons (Fsp3) is 0.182. The summed E-state index contributed by atoms with van der Waals surface area (Å²) in [5, 5.41) is 3.49. The van der Waals surface area contributed by atoms with Crippen molar-refractivity contribution < 1.29 is 4.74 Å². The molecule has 0 radical (unpaired) electrons. The summed E-state index contributed by atoms with van der Waals surface area (Å²) in [4.78, 5) is 0. The molecular weight excluding hydrogens is 294 g/mol. The van der Waals surface area contributed by atoms with Gasteiger partial charge in [0.2, 0.25) is 0 Å². The molecule has 1 N–H and O–H groups in total. The van der Waals surface area contributed by atoms with Gasteiger partial charge in [0.15, 0.2) is 0 Å². The van der Waals surface area contributed by atoms with E-state index in [1.165, 1.54) is 11.1 Å². The average Bonchev–Trinajstić information content (AvgIpc) is 2.66. The third kappa shape index (κ3) is 4.88. The Morgan fingerprint density at radius 2 is 1.29 bits per heavy atom. The number of aryl methyl sites for hydroxylation is 1. The van der Waals surface area contributed by atoms with Gasteiger partial charge in [0.25, 0.3) is 0 Å². The first-order valence-electron chi connectivity index (χ1n) is 8.45. The van der Waals surface area contributed by atoms with Crippen molar-refractivity contribution in [2.24, 2.45) is 0 Å². The van der Waals surface area contributed by atoms with Crippen molar-refractivity contribution in [3.05, 3.63) is 96.1 Å². The highest BCUT2D eigenvalue weighted by atomic mass is 16.5. The number of hydrogen-bond donors (Lipinski definition) is 1. The molecule has 122 valence electrons. The summed E-state index contributed by atoms with van der Waals surface area (Å²) in [5.41, 5.74) is 3.62. The second-order valence-corrected chi connectivity index (χ2v) is 5.79. The standard InChI is InChI=1S/C22H23NO/c1-3-10-19(11-4-1)14-9-17-23-21-15-7-8-16-22(21)24-18-20-12-5-2-6-13-20/h1-8,10-13,15-16,23H,9,14,17-18H2. The molecule has 0 aromatic heterocycles. The zero-order valence-corrected chi connectivity index (χ0v) is 13.8. The summed E-state index contributed by atoms with van der Waals surface area (Å²) in [6.45, 7) is 1.52. The molecule has 0 aliphatic heterocycles. The number of benzene rings is 3. The average molecular weight is 317 g/mol. The van der Waals surface area contributed by atoms with Gasteiger partial charge < -0.3 is 10.1 Å². The summed E-state index contributed by atoms with van der Waals surface area (Å²) in [7, 11) is 0. The van der Waals surface area contributed by atoms with Crippen molar-refractivity contribution in [2.75, 3.05) is 11.9 Å². The lowest BCUT2D eigenvalue weighted by Gasteiger charge is -2.13. The van der Waals surface area contributed by atoms with E-state index in [4.69, 9.17) is 4.74 Å². The fourth-order valence-electron chi connectivity index (χ4n) is 2.63. The predicted octanol–water partition coefficient (Wildman–Crippen LogP) is 5.31. The Bertz CT molecular complexity index is 725. The second-order valence-electron chi connectivity index (χ2n) is 5.79. The molecule has 0 saturated carbocycles. The first-order valence-corrected chi connectivity index (χ1v) is 8.45. The van der Waals surface area contributed by atoms with Crippen LogP contribution in [-0.2, 0) is 13.0 Å². The lowest BCUT2D eigenvalue weighted by atomic mass is 10.1. The highest BCUT2D eigenvalue weighted by Gasteiger charge is 2.03. The zero-order valence-electron chi connectivity index (χ0n) is 13.8. The van der Waals surface area contributed by atoms with Crippen LogP contribution >= 0.6 is 0 Å². The molecule has 0 heterocycles. The molecule has 0 atom stereocenters. The zero-order chi connectivity index (χ0) is 16.5. The van der Waals surface area contributed by atoms with Crippen LogP contribution in [0.4, 0.5) is 5.69 Å². The molecule has 0 aliphatic rings. The van der Waals surface area contributed by atoms with Crippen molar-refractivity contribution >= 4 is 5.69 Å². The van der Waals surface area contributed by atoms with Gasteiger partial charge in [-0.25, -0.2) is 0 Å². The largest absolute Gasteiger partial charge is 0.487 e. The van der Waals surface area contributed by atoms with Crippen molar-refractivity contribution in [2.45, 2.75) is 19.4 Å². The lowest BCUT2D eigenvalue weighted by molar-refractivity contribution is 0.307. The first-order chi connectivity index (χ1) is 11.9. The number of anilines is 1. The molecule has 2 nitrogen and oxygen atoms in total. The summed E-state index contributed by atoms with van der Waals surface area (Å²) in [6, 6.07) is 29.0. The van der Waals surface area contributed by atoms with Crippen LogP contribution in [0.2, 0.25) is 0 Å². The van der Waals surface area contributed by atoms with Crippen molar-refractivity contribution in [3.8, 4) is 5.75 Å². The van der Waals surface area contributed by atoms with Crippen LogP contribution in [-0.4, -0.2) is 6.54 Å². The molecule has 0 fully saturated rings. The van der Waals surface area contributed by atoms with Crippen LogP contribution in [0.3, 0.4) is 0 Å². The van der Waals surface area contributed by atoms with Gasteiger partial charge in [-0.15, -0.1) is 0 Å². The van der Waals surface area contributed by atoms with E-state index in [1.807, 2.05) is 36.4 Å². The number of hydrogen-bond acceptors (Lipinski definition) is 2. The molecule has 0 aliphatic carbocycles. The Hall–Kier alpha value is -2.74. The van der Waals surface area contributed by atoms with Crippen molar-refractivity contribution in [1.82, 2.24) is 0 Å². The summed E-state index contributed by atoms with van der Waals surface area (Å²) < 4.78 is 5.98. The smallest absolute Gasteiger partial charge is 0.142 e. The summed E-state index contributed by atoms with van der Waals surface area (Å²) in [5.74, 6) is 0.904. The second kappa shape index (κ2) is 8.78. The SMILES string of the molecule is c1ccc(CCCNc2ccccc2OCc2ccccc2)cc1. The van der Waals surface area contributed by atoms with Crippen LogP contribution in [0.15, 0.2) is 84.9 Å². The van der Waals surface area contributed by atoms with Gasteiger partial charge in [-0.3, -0.25) is 0 Å². The minimum atomic E-state index is 0.587. The molecule has 0 bridgehead atoms. The number of nitrogens with one attached hydrogen (secondary N) is 1. The molecule has 24 heavy (non-hydrogen) atoms. The highest BCUT2D eigenvalue weighted by molar-refractivity contribution is 5.56. The highest BCUT2D eigenvalue weighted by Crippen LogP contribution is 2.24. The van der Waals surface area contributed by atoms with Gasteiger partial charge in [0, 0.05) is 6.54 Å². The molecular formula is C22H23NO. The quantitative estimate of drug-likeness (QED) is 0.568. The van der Waals surface area contributed by atoms with Crippen LogP contribution in [0, 0.1) is 0 Å². The van der Waals surface area contributed by atoms with Gasteiger partial charge in [0.1, 0.15) is 12.4 Å². The minimum Gasteiger partial charge on any atom is -0.487 e. The maximum atomic E-state index is 5.98. The molecule has 0 unspecified atom stereocenters. The monoisotopic (exact) mass is 317 g/mol. The molecule has 3 aromatic carbocycles. The van der Waals surface area contributed by atoms with Gasteiger partial charge in [-0.1, -0.05) is 72.8 Å². The topological polar surface area (TPSA) is 21.3 Å². The molecule has 0 spiro atoms. The van der Waals surface area contributed by atoms with E-state index in [9.17, 15) is 0 Å². The Labute approximate surface area is 144 Å². The van der Waals surface area contributed by atoms with Gasteiger partial charge in [-0.2, -0.15) is 0 Å².